The molecule has 2 aliphatic carbocycles. The number of allylic oxidation sites excluding steroid dienone is 2. The summed E-state index contributed by atoms with van der Waals surface area (Å²) in [7, 11) is 12.9. The summed E-state index contributed by atoms with van der Waals surface area (Å²) in [5.74, 6) is 4.08. The molecule has 0 aromatic heterocycles. The van der Waals surface area contributed by atoms with Crippen molar-refractivity contribution in [3.63, 3.8) is 0 Å². The smallest absolute Gasteiger partial charge is 0.223 e. The molecule has 2 aromatic carbocycles. The van der Waals surface area contributed by atoms with Crippen molar-refractivity contribution in [1.82, 2.24) is 0 Å². The summed E-state index contributed by atoms with van der Waals surface area (Å²) in [6, 6.07) is 7.74. The fourth-order valence-corrected chi connectivity index (χ4v) is 8.07. The molecule has 2 aromatic rings. The first-order valence-corrected chi connectivity index (χ1v) is 14.8. The predicted molar refractivity (Wildman–Crippen MR) is 167 cm³/mol. The molecule has 0 amide bonds. The Labute approximate surface area is 261 Å². The topological polar surface area (TPSA) is 90.9 Å². The van der Waals surface area contributed by atoms with E-state index in [0.717, 1.165) is 17.5 Å². The maximum absolute atomic E-state index is 13.2. The molecule has 0 heterocycles. The third-order valence-electron chi connectivity index (χ3n) is 9.77. The molecular formula is C35H46O9. The van der Waals surface area contributed by atoms with Gasteiger partial charge in [0.15, 0.2) is 28.8 Å². The lowest BCUT2D eigenvalue weighted by Gasteiger charge is -2.58. The number of hydrogen-bond acceptors (Lipinski definition) is 9. The van der Waals surface area contributed by atoms with Gasteiger partial charge in [-0.25, -0.2) is 0 Å². The standard InChI is InChI=1S/C35H46O9/c1-12-23-19(2)33(21-13-27(39-6)29(41-8)16-25(21)37-4)20(3)34(22-14-28(40-7)30(42-9)17-26(22)38-5)35(23)18-31(43-10)24(36)15-32(35)44-11/h13-20,23,33-34H,12H2,1-11H3. The van der Waals surface area contributed by atoms with Crippen molar-refractivity contribution in [2.24, 2.45) is 23.2 Å². The maximum Gasteiger partial charge on any atom is 0.223 e. The second-order valence-corrected chi connectivity index (χ2v) is 11.4. The molecule has 1 fully saturated rings. The van der Waals surface area contributed by atoms with E-state index in [-0.39, 0.29) is 41.1 Å². The molecule has 1 saturated carbocycles. The summed E-state index contributed by atoms with van der Waals surface area (Å²) in [6.07, 6.45) is 4.35. The summed E-state index contributed by atoms with van der Waals surface area (Å²) in [5.41, 5.74) is 1.14. The van der Waals surface area contributed by atoms with Crippen molar-refractivity contribution in [2.45, 2.75) is 39.0 Å². The molecule has 2 aliphatic rings. The lowest BCUT2D eigenvalue weighted by atomic mass is 9.46. The van der Waals surface area contributed by atoms with Gasteiger partial charge in [-0.3, -0.25) is 4.79 Å². The quantitative estimate of drug-likeness (QED) is 0.281. The number of ether oxygens (including phenoxy) is 8. The normalized spacial score (nSPS) is 26.3. The number of benzene rings is 2. The Kier molecular flexibility index (Phi) is 9.96. The molecule has 6 atom stereocenters. The molecule has 0 saturated heterocycles. The first-order valence-electron chi connectivity index (χ1n) is 14.8. The molecule has 9 nitrogen and oxygen atoms in total. The van der Waals surface area contributed by atoms with Crippen LogP contribution in [0.1, 0.15) is 50.2 Å². The van der Waals surface area contributed by atoms with Crippen LogP contribution in [0.2, 0.25) is 0 Å². The van der Waals surface area contributed by atoms with Gasteiger partial charge in [0.25, 0.3) is 0 Å². The Hall–Kier alpha value is -4.01. The summed E-state index contributed by atoms with van der Waals surface area (Å²) in [5, 5.41) is 0. The second-order valence-electron chi connectivity index (χ2n) is 11.4. The SMILES string of the molecule is CCC1C(C)C(c2cc(OC)c(OC)cc2OC)C(C)C(c2cc(OC)c(OC)cc2OC)C12C=C(OC)C(=O)C=C2OC. The van der Waals surface area contributed by atoms with Gasteiger partial charge in [-0.05, 0) is 41.9 Å². The van der Waals surface area contributed by atoms with Crippen molar-refractivity contribution >= 4 is 5.78 Å². The van der Waals surface area contributed by atoms with Gasteiger partial charge >= 0.3 is 0 Å². The Morgan fingerprint density at radius 1 is 0.614 bits per heavy atom. The van der Waals surface area contributed by atoms with Crippen molar-refractivity contribution in [2.75, 3.05) is 56.9 Å². The molecule has 0 N–H and O–H groups in total. The van der Waals surface area contributed by atoms with Crippen LogP contribution in [0, 0.1) is 23.2 Å². The Balaban J connectivity index is 2.13. The zero-order valence-electron chi connectivity index (χ0n) is 27.7. The molecule has 1 spiro atoms. The van der Waals surface area contributed by atoms with Crippen LogP contribution >= 0.6 is 0 Å². The highest BCUT2D eigenvalue weighted by molar-refractivity contribution is 6.04. The number of carbonyl (C=O) groups excluding carboxylic acids is 1. The van der Waals surface area contributed by atoms with Gasteiger partial charge in [-0.1, -0.05) is 27.2 Å². The molecule has 4 rings (SSSR count). The van der Waals surface area contributed by atoms with E-state index in [4.69, 9.17) is 37.9 Å². The first kappa shape index (κ1) is 32.9. The van der Waals surface area contributed by atoms with E-state index in [2.05, 4.69) is 20.8 Å². The van der Waals surface area contributed by atoms with Gasteiger partial charge in [0, 0.05) is 35.3 Å². The number of carbonyl (C=O) groups is 1. The van der Waals surface area contributed by atoms with Gasteiger partial charge in [-0.2, -0.15) is 0 Å². The van der Waals surface area contributed by atoms with Crippen LogP contribution in [-0.2, 0) is 14.3 Å². The molecule has 6 unspecified atom stereocenters. The maximum atomic E-state index is 13.2. The van der Waals surface area contributed by atoms with E-state index in [1.54, 1.807) is 55.8 Å². The van der Waals surface area contributed by atoms with E-state index in [1.165, 1.54) is 7.11 Å². The molecule has 0 aliphatic heterocycles. The van der Waals surface area contributed by atoms with Gasteiger partial charge in [0.05, 0.1) is 62.3 Å². The summed E-state index contributed by atoms with van der Waals surface area (Å²) in [6.45, 7) is 6.67. The van der Waals surface area contributed by atoms with Crippen molar-refractivity contribution in [3.8, 4) is 34.5 Å². The highest BCUT2D eigenvalue weighted by Crippen LogP contribution is 2.67. The zero-order valence-corrected chi connectivity index (χ0v) is 27.7. The van der Waals surface area contributed by atoms with Crippen LogP contribution in [-0.4, -0.2) is 62.7 Å². The first-order chi connectivity index (χ1) is 21.1. The largest absolute Gasteiger partial charge is 0.500 e. The third kappa shape index (κ3) is 5.10. The van der Waals surface area contributed by atoms with Crippen molar-refractivity contribution in [1.29, 1.82) is 0 Å². The number of methoxy groups -OCH3 is 8. The van der Waals surface area contributed by atoms with Crippen LogP contribution in [0.5, 0.6) is 34.5 Å². The molecule has 0 radical (unpaired) electrons. The van der Waals surface area contributed by atoms with Crippen molar-refractivity contribution < 1.29 is 42.7 Å². The fourth-order valence-electron chi connectivity index (χ4n) is 8.07. The average molecular weight is 611 g/mol. The molecule has 240 valence electrons. The lowest BCUT2D eigenvalue weighted by Crippen LogP contribution is -2.52. The van der Waals surface area contributed by atoms with E-state index in [0.29, 0.717) is 40.3 Å². The minimum absolute atomic E-state index is 0.00578. The van der Waals surface area contributed by atoms with Gasteiger partial charge in [0.1, 0.15) is 17.3 Å². The molecular weight excluding hydrogens is 564 g/mol. The van der Waals surface area contributed by atoms with Crippen LogP contribution in [0.15, 0.2) is 47.9 Å². The van der Waals surface area contributed by atoms with E-state index in [9.17, 15) is 4.79 Å². The predicted octanol–water partition coefficient (Wildman–Crippen LogP) is 6.55. The Morgan fingerprint density at radius 2 is 1.09 bits per heavy atom. The fraction of sp³-hybridized carbons (Fsp3) is 0.514. The van der Waals surface area contributed by atoms with Crippen molar-refractivity contribution in [3.05, 3.63) is 59.1 Å². The van der Waals surface area contributed by atoms with Crippen LogP contribution in [0.25, 0.3) is 0 Å². The van der Waals surface area contributed by atoms with Gasteiger partial charge in [-0.15, -0.1) is 0 Å². The van der Waals surface area contributed by atoms with Crippen LogP contribution in [0.3, 0.4) is 0 Å². The van der Waals surface area contributed by atoms with E-state index in [1.807, 2.05) is 30.3 Å². The number of ketones is 1. The molecule has 0 bridgehead atoms. The van der Waals surface area contributed by atoms with Gasteiger partial charge in [0.2, 0.25) is 5.78 Å². The van der Waals surface area contributed by atoms with Gasteiger partial charge < -0.3 is 37.9 Å². The van der Waals surface area contributed by atoms with E-state index < -0.39 is 5.41 Å². The lowest BCUT2D eigenvalue weighted by molar-refractivity contribution is -0.115. The third-order valence-corrected chi connectivity index (χ3v) is 9.77. The summed E-state index contributed by atoms with van der Waals surface area (Å²) < 4.78 is 46.7. The second kappa shape index (κ2) is 13.3. The monoisotopic (exact) mass is 610 g/mol. The summed E-state index contributed by atoms with van der Waals surface area (Å²) in [4.78, 5) is 13.2. The van der Waals surface area contributed by atoms with Crippen LogP contribution < -0.4 is 28.4 Å². The Bertz CT molecular complexity index is 1430. The average Bonchev–Trinajstić information content (AvgIpc) is 3.04. The highest BCUT2D eigenvalue weighted by atomic mass is 16.5. The zero-order chi connectivity index (χ0) is 32.3. The van der Waals surface area contributed by atoms with E-state index >= 15 is 0 Å². The molecule has 9 heteroatoms. The number of hydrogen-bond donors (Lipinski definition) is 0. The minimum atomic E-state index is -0.769. The molecule has 44 heavy (non-hydrogen) atoms. The minimum Gasteiger partial charge on any atom is -0.500 e. The van der Waals surface area contributed by atoms with Crippen LogP contribution in [0.4, 0.5) is 0 Å². The highest BCUT2D eigenvalue weighted by Gasteiger charge is 2.60. The Morgan fingerprint density at radius 3 is 1.55 bits per heavy atom. The number of rotatable bonds is 11. The summed E-state index contributed by atoms with van der Waals surface area (Å²) >= 11 is 0.